The van der Waals surface area contributed by atoms with Gasteiger partial charge in [0.15, 0.2) is 0 Å². The van der Waals surface area contributed by atoms with Crippen molar-refractivity contribution in [3.8, 4) is 0 Å². The Morgan fingerprint density at radius 1 is 1.24 bits per heavy atom. The van der Waals surface area contributed by atoms with E-state index in [0.29, 0.717) is 6.54 Å². The van der Waals surface area contributed by atoms with Gasteiger partial charge in [0.2, 0.25) is 10.0 Å². The molecule has 0 fully saturated rings. The van der Waals surface area contributed by atoms with Gasteiger partial charge in [-0.3, -0.25) is 0 Å². The number of nitrogens with zero attached hydrogens (tertiary/aromatic N) is 1. The van der Waals surface area contributed by atoms with Gasteiger partial charge in [0.25, 0.3) is 0 Å². The predicted octanol–water partition coefficient (Wildman–Crippen LogP) is 2.15. The van der Waals surface area contributed by atoms with Crippen LogP contribution in [0.1, 0.15) is 26.7 Å². The molecule has 5 nitrogen and oxygen atoms in total. The summed E-state index contributed by atoms with van der Waals surface area (Å²) in [5.41, 5.74) is 0.578. The van der Waals surface area contributed by atoms with Crippen LogP contribution in [0.2, 0.25) is 0 Å². The molecule has 120 valence electrons. The molecule has 2 N–H and O–H groups in total. The summed E-state index contributed by atoms with van der Waals surface area (Å²) in [5, 5.41) is 12.8. The molecule has 0 radical (unpaired) electrons. The number of aliphatic hydroxyl groups is 1. The number of hydrogen-bond acceptors (Lipinski definition) is 4. The Labute approximate surface area is 128 Å². The summed E-state index contributed by atoms with van der Waals surface area (Å²) in [7, 11) is -0.397. The fourth-order valence-corrected chi connectivity index (χ4v) is 2.99. The molecule has 0 aromatic heterocycles. The van der Waals surface area contributed by atoms with Gasteiger partial charge in [-0.2, -0.15) is 0 Å². The van der Waals surface area contributed by atoms with Gasteiger partial charge in [0, 0.05) is 31.7 Å². The molecule has 0 spiro atoms. The van der Waals surface area contributed by atoms with E-state index in [1.54, 1.807) is 18.2 Å². The third-order valence-corrected chi connectivity index (χ3v) is 5.93. The number of aliphatic hydroxyl groups excluding tert-OH is 1. The van der Waals surface area contributed by atoms with E-state index in [2.05, 4.69) is 5.32 Å². The number of benzene rings is 1. The molecule has 1 rings (SSSR count). The highest BCUT2D eigenvalue weighted by Gasteiger charge is 2.25. The summed E-state index contributed by atoms with van der Waals surface area (Å²) in [6.07, 6.45) is 1.73. The number of nitrogens with one attached hydrogen (secondary N) is 1. The Hall–Kier alpha value is -1.11. The van der Waals surface area contributed by atoms with Gasteiger partial charge in [0.1, 0.15) is 0 Å². The Bertz CT molecular complexity index is 544. The van der Waals surface area contributed by atoms with Crippen LogP contribution in [0, 0.1) is 5.41 Å². The van der Waals surface area contributed by atoms with Crippen molar-refractivity contribution in [2.24, 2.45) is 5.41 Å². The van der Waals surface area contributed by atoms with Crippen LogP contribution in [-0.2, 0) is 10.0 Å². The Kier molecular flexibility index (Phi) is 6.19. The van der Waals surface area contributed by atoms with Gasteiger partial charge < -0.3 is 10.4 Å². The number of hydrogen-bond donors (Lipinski definition) is 2. The molecule has 0 saturated carbocycles. The molecule has 0 unspecified atom stereocenters. The van der Waals surface area contributed by atoms with Gasteiger partial charge >= 0.3 is 0 Å². The highest BCUT2D eigenvalue weighted by molar-refractivity contribution is 7.89. The maximum atomic E-state index is 12.1. The van der Waals surface area contributed by atoms with E-state index in [0.717, 1.165) is 18.5 Å². The highest BCUT2D eigenvalue weighted by Crippen LogP contribution is 2.27. The van der Waals surface area contributed by atoms with Crippen LogP contribution in [0.15, 0.2) is 29.2 Å². The van der Waals surface area contributed by atoms with Gasteiger partial charge in [-0.05, 0) is 31.0 Å². The average Bonchev–Trinajstić information content (AvgIpc) is 2.49. The van der Waals surface area contributed by atoms with Crippen LogP contribution in [0.5, 0.6) is 0 Å². The first-order chi connectivity index (χ1) is 9.81. The first-order valence-electron chi connectivity index (χ1n) is 7.18. The van der Waals surface area contributed by atoms with Crippen molar-refractivity contribution in [1.82, 2.24) is 4.31 Å². The summed E-state index contributed by atoms with van der Waals surface area (Å²) >= 11 is 0. The molecule has 0 bridgehead atoms. The lowest BCUT2D eigenvalue weighted by Gasteiger charge is -2.30. The summed E-state index contributed by atoms with van der Waals surface area (Å²) in [4.78, 5) is 0.264. The van der Waals surface area contributed by atoms with Crippen molar-refractivity contribution >= 4 is 15.7 Å². The quantitative estimate of drug-likeness (QED) is 0.771. The highest BCUT2D eigenvalue weighted by atomic mass is 32.2. The van der Waals surface area contributed by atoms with Crippen molar-refractivity contribution in [1.29, 1.82) is 0 Å². The molecule has 1 aromatic rings. The zero-order valence-corrected chi connectivity index (χ0v) is 14.1. The summed E-state index contributed by atoms with van der Waals surface area (Å²) in [6.45, 7) is 4.83. The van der Waals surface area contributed by atoms with Gasteiger partial charge in [-0.25, -0.2) is 12.7 Å². The fraction of sp³-hybridized carbons (Fsp3) is 0.600. The molecule has 21 heavy (non-hydrogen) atoms. The van der Waals surface area contributed by atoms with Crippen molar-refractivity contribution in [3.05, 3.63) is 24.3 Å². The van der Waals surface area contributed by atoms with E-state index < -0.39 is 10.0 Å². The van der Waals surface area contributed by atoms with Crippen LogP contribution < -0.4 is 5.32 Å². The second-order valence-electron chi connectivity index (χ2n) is 5.53. The van der Waals surface area contributed by atoms with E-state index in [1.807, 2.05) is 19.9 Å². The van der Waals surface area contributed by atoms with Crippen molar-refractivity contribution in [2.75, 3.05) is 32.6 Å². The standard InChI is InChI=1S/C15H26N2O3S/c1-5-15(6-2,12-18)11-16-13-8-7-9-14(10-13)21(19,20)17(3)4/h7-10,16,18H,5-6,11-12H2,1-4H3. The molecule has 0 aliphatic carbocycles. The molecule has 0 aliphatic heterocycles. The Morgan fingerprint density at radius 2 is 1.86 bits per heavy atom. The molecule has 1 aromatic carbocycles. The second kappa shape index (κ2) is 7.24. The topological polar surface area (TPSA) is 69.6 Å². The maximum Gasteiger partial charge on any atom is 0.242 e. The van der Waals surface area contributed by atoms with Gasteiger partial charge in [-0.15, -0.1) is 0 Å². The first-order valence-corrected chi connectivity index (χ1v) is 8.62. The minimum Gasteiger partial charge on any atom is -0.396 e. The molecule has 6 heteroatoms. The number of anilines is 1. The maximum absolute atomic E-state index is 12.1. The minimum atomic E-state index is -3.43. The van der Waals surface area contributed by atoms with E-state index >= 15 is 0 Å². The van der Waals surface area contributed by atoms with E-state index in [-0.39, 0.29) is 16.9 Å². The zero-order chi connectivity index (χ0) is 16.1. The largest absolute Gasteiger partial charge is 0.396 e. The predicted molar refractivity (Wildman–Crippen MR) is 85.9 cm³/mol. The zero-order valence-electron chi connectivity index (χ0n) is 13.3. The number of rotatable bonds is 8. The summed E-state index contributed by atoms with van der Waals surface area (Å²) in [6, 6.07) is 6.77. The molecule has 0 atom stereocenters. The lowest BCUT2D eigenvalue weighted by atomic mass is 9.83. The van der Waals surface area contributed by atoms with Crippen molar-refractivity contribution < 1.29 is 13.5 Å². The molecule has 0 saturated heterocycles. The van der Waals surface area contributed by atoms with Crippen LogP contribution in [0.3, 0.4) is 0 Å². The van der Waals surface area contributed by atoms with Gasteiger partial charge in [-0.1, -0.05) is 19.9 Å². The SMILES string of the molecule is CCC(CC)(CO)CNc1cccc(S(=O)(=O)N(C)C)c1. The first kappa shape index (κ1) is 17.9. The third-order valence-electron chi connectivity index (χ3n) is 4.12. The van der Waals surface area contributed by atoms with Crippen LogP contribution in [0.4, 0.5) is 5.69 Å². The molecule has 0 amide bonds. The van der Waals surface area contributed by atoms with E-state index in [9.17, 15) is 13.5 Å². The molecular weight excluding hydrogens is 288 g/mol. The Morgan fingerprint density at radius 3 is 2.33 bits per heavy atom. The normalized spacial score (nSPS) is 12.7. The molecular formula is C15H26N2O3S. The minimum absolute atomic E-state index is 0.114. The second-order valence-corrected chi connectivity index (χ2v) is 7.69. The van der Waals surface area contributed by atoms with E-state index in [4.69, 9.17) is 0 Å². The monoisotopic (exact) mass is 314 g/mol. The molecule has 0 aliphatic rings. The summed E-state index contributed by atoms with van der Waals surface area (Å²) < 4.78 is 25.4. The van der Waals surface area contributed by atoms with Crippen molar-refractivity contribution in [3.63, 3.8) is 0 Å². The lowest BCUT2D eigenvalue weighted by Crippen LogP contribution is -2.32. The van der Waals surface area contributed by atoms with Crippen molar-refractivity contribution in [2.45, 2.75) is 31.6 Å². The average molecular weight is 314 g/mol. The van der Waals surface area contributed by atoms with Crippen LogP contribution in [-0.4, -0.2) is 45.1 Å². The summed E-state index contributed by atoms with van der Waals surface area (Å²) in [5.74, 6) is 0. The van der Waals surface area contributed by atoms with E-state index in [1.165, 1.54) is 18.4 Å². The number of sulfonamides is 1. The Balaban J connectivity index is 2.93. The van der Waals surface area contributed by atoms with Gasteiger partial charge in [0.05, 0.1) is 11.5 Å². The van der Waals surface area contributed by atoms with Crippen LogP contribution in [0.25, 0.3) is 0 Å². The fourth-order valence-electron chi connectivity index (χ4n) is 2.05. The lowest BCUT2D eigenvalue weighted by molar-refractivity contribution is 0.127. The molecule has 0 heterocycles. The smallest absolute Gasteiger partial charge is 0.242 e. The van der Waals surface area contributed by atoms with Crippen LogP contribution >= 0.6 is 0 Å². The third kappa shape index (κ3) is 4.18.